The first-order valence-electron chi connectivity index (χ1n) is 4.55. The molecule has 0 fully saturated rings. The Bertz CT molecular complexity index is 263. The lowest BCUT2D eigenvalue weighted by molar-refractivity contribution is 0.395. The molecule has 0 aliphatic heterocycles. The van der Waals surface area contributed by atoms with Crippen molar-refractivity contribution in [2.75, 3.05) is 0 Å². The van der Waals surface area contributed by atoms with E-state index < -0.39 is 0 Å². The van der Waals surface area contributed by atoms with E-state index in [0.717, 1.165) is 17.9 Å². The molecular formula is C11H18O. The number of hydrogen-bond acceptors (Lipinski definition) is 1. The third kappa shape index (κ3) is 1.71. The van der Waals surface area contributed by atoms with Crippen LogP contribution in [0.5, 0.6) is 0 Å². The van der Waals surface area contributed by atoms with E-state index in [2.05, 4.69) is 33.8 Å². The highest BCUT2D eigenvalue weighted by Crippen LogP contribution is 2.26. The second-order valence-electron chi connectivity index (χ2n) is 4.30. The minimum atomic E-state index is 0.137. The van der Waals surface area contributed by atoms with Crippen molar-refractivity contribution >= 4 is 0 Å². The van der Waals surface area contributed by atoms with Crippen LogP contribution in [0.15, 0.2) is 10.5 Å². The molecule has 0 aliphatic rings. The average molecular weight is 166 g/mol. The fraction of sp³-hybridized carbons (Fsp3) is 0.636. The number of furan rings is 1. The van der Waals surface area contributed by atoms with E-state index in [4.69, 9.17) is 4.42 Å². The van der Waals surface area contributed by atoms with E-state index in [9.17, 15) is 0 Å². The lowest BCUT2D eigenvalue weighted by Gasteiger charge is -2.13. The number of aryl methyl sites for hydroxylation is 2. The van der Waals surface area contributed by atoms with Crippen LogP contribution < -0.4 is 0 Å². The van der Waals surface area contributed by atoms with Crippen molar-refractivity contribution in [3.63, 3.8) is 0 Å². The van der Waals surface area contributed by atoms with Crippen molar-refractivity contribution < 1.29 is 4.42 Å². The summed E-state index contributed by atoms with van der Waals surface area (Å²) < 4.78 is 5.67. The Balaban J connectivity index is 3.05. The van der Waals surface area contributed by atoms with Gasteiger partial charge in [-0.05, 0) is 25.0 Å². The molecule has 1 rings (SSSR count). The Hall–Kier alpha value is -0.720. The normalized spacial score (nSPS) is 12.1. The predicted octanol–water partition coefficient (Wildman–Crippen LogP) is 3.45. The van der Waals surface area contributed by atoms with Gasteiger partial charge in [0.1, 0.15) is 11.5 Å². The van der Waals surface area contributed by atoms with Gasteiger partial charge in [-0.2, -0.15) is 0 Å². The molecule has 0 unspecified atom stereocenters. The first kappa shape index (κ1) is 9.37. The summed E-state index contributed by atoms with van der Waals surface area (Å²) in [5, 5.41) is 0. The number of hydrogen-bond donors (Lipinski definition) is 0. The molecule has 0 radical (unpaired) electrons. The van der Waals surface area contributed by atoms with Crippen LogP contribution in [-0.2, 0) is 11.8 Å². The van der Waals surface area contributed by atoms with Gasteiger partial charge in [-0.15, -0.1) is 0 Å². The smallest absolute Gasteiger partial charge is 0.109 e. The van der Waals surface area contributed by atoms with Gasteiger partial charge in [-0.1, -0.05) is 27.7 Å². The van der Waals surface area contributed by atoms with Gasteiger partial charge in [0.15, 0.2) is 0 Å². The molecule has 1 heterocycles. The third-order valence-corrected chi connectivity index (χ3v) is 2.14. The van der Waals surface area contributed by atoms with Crippen molar-refractivity contribution in [1.82, 2.24) is 0 Å². The van der Waals surface area contributed by atoms with Crippen molar-refractivity contribution in [3.05, 3.63) is 23.2 Å². The Labute approximate surface area is 74.8 Å². The van der Waals surface area contributed by atoms with Gasteiger partial charge in [0.25, 0.3) is 0 Å². The first-order chi connectivity index (χ1) is 5.45. The summed E-state index contributed by atoms with van der Waals surface area (Å²) in [6, 6.07) is 2.18. The highest BCUT2D eigenvalue weighted by atomic mass is 16.3. The lowest BCUT2D eigenvalue weighted by Crippen LogP contribution is -2.09. The summed E-state index contributed by atoms with van der Waals surface area (Å²) in [6.45, 7) is 10.7. The molecule has 0 spiro atoms. The van der Waals surface area contributed by atoms with Gasteiger partial charge >= 0.3 is 0 Å². The van der Waals surface area contributed by atoms with Crippen molar-refractivity contribution in [2.24, 2.45) is 0 Å². The van der Waals surface area contributed by atoms with Crippen molar-refractivity contribution in [1.29, 1.82) is 0 Å². The largest absolute Gasteiger partial charge is 0.466 e. The van der Waals surface area contributed by atoms with E-state index in [-0.39, 0.29) is 5.41 Å². The summed E-state index contributed by atoms with van der Waals surface area (Å²) in [5.41, 5.74) is 1.47. The maximum atomic E-state index is 5.67. The zero-order valence-electron chi connectivity index (χ0n) is 8.69. The second-order valence-corrected chi connectivity index (χ2v) is 4.30. The monoisotopic (exact) mass is 166 g/mol. The molecule has 68 valence electrons. The summed E-state index contributed by atoms with van der Waals surface area (Å²) in [6.07, 6.45) is 1.06. The van der Waals surface area contributed by atoms with Gasteiger partial charge in [0.05, 0.1) is 0 Å². The maximum Gasteiger partial charge on any atom is 0.109 e. The van der Waals surface area contributed by atoms with Crippen LogP contribution >= 0.6 is 0 Å². The summed E-state index contributed by atoms with van der Waals surface area (Å²) >= 11 is 0. The van der Waals surface area contributed by atoms with Crippen LogP contribution in [0.1, 0.15) is 44.8 Å². The fourth-order valence-electron chi connectivity index (χ4n) is 1.24. The van der Waals surface area contributed by atoms with Gasteiger partial charge < -0.3 is 4.42 Å². The molecule has 1 heteroatoms. The summed E-state index contributed by atoms with van der Waals surface area (Å²) in [7, 11) is 0. The molecule has 0 saturated heterocycles. The van der Waals surface area contributed by atoms with Crippen LogP contribution in [0.25, 0.3) is 0 Å². The van der Waals surface area contributed by atoms with E-state index in [0.29, 0.717) is 0 Å². The molecule has 1 aromatic heterocycles. The molecule has 0 saturated carbocycles. The van der Waals surface area contributed by atoms with Crippen molar-refractivity contribution in [2.45, 2.75) is 46.5 Å². The van der Waals surface area contributed by atoms with E-state index >= 15 is 0 Å². The lowest BCUT2D eigenvalue weighted by atomic mass is 9.93. The van der Waals surface area contributed by atoms with Crippen LogP contribution in [-0.4, -0.2) is 0 Å². The molecule has 1 nitrogen and oxygen atoms in total. The highest BCUT2D eigenvalue weighted by molar-refractivity contribution is 5.24. The number of rotatable bonds is 1. The topological polar surface area (TPSA) is 13.1 Å². The van der Waals surface area contributed by atoms with E-state index in [1.807, 2.05) is 6.92 Å². The zero-order chi connectivity index (χ0) is 9.35. The van der Waals surface area contributed by atoms with E-state index in [1.165, 1.54) is 5.56 Å². The van der Waals surface area contributed by atoms with Gasteiger partial charge in [0, 0.05) is 5.41 Å². The van der Waals surface area contributed by atoms with E-state index in [1.54, 1.807) is 0 Å². The average Bonchev–Trinajstić information content (AvgIpc) is 2.29. The molecule has 0 aromatic carbocycles. The molecule has 0 bridgehead atoms. The van der Waals surface area contributed by atoms with Gasteiger partial charge in [0.2, 0.25) is 0 Å². The van der Waals surface area contributed by atoms with Crippen LogP contribution in [0.4, 0.5) is 0 Å². The highest BCUT2D eigenvalue weighted by Gasteiger charge is 2.19. The Morgan fingerprint density at radius 1 is 1.33 bits per heavy atom. The summed E-state index contributed by atoms with van der Waals surface area (Å²) in [4.78, 5) is 0. The molecule has 0 amide bonds. The Kier molecular flexibility index (Phi) is 2.31. The first-order valence-corrected chi connectivity index (χ1v) is 4.55. The maximum absolute atomic E-state index is 5.67. The minimum absolute atomic E-state index is 0.137. The molecule has 1 aromatic rings. The third-order valence-electron chi connectivity index (χ3n) is 2.14. The zero-order valence-corrected chi connectivity index (χ0v) is 8.69. The van der Waals surface area contributed by atoms with Crippen LogP contribution in [0.3, 0.4) is 0 Å². The molecule has 0 aliphatic carbocycles. The molecule has 12 heavy (non-hydrogen) atoms. The van der Waals surface area contributed by atoms with Gasteiger partial charge in [-0.25, -0.2) is 0 Å². The minimum Gasteiger partial charge on any atom is -0.466 e. The van der Waals surface area contributed by atoms with Crippen LogP contribution in [0, 0.1) is 6.92 Å². The fourth-order valence-corrected chi connectivity index (χ4v) is 1.24. The Morgan fingerprint density at radius 2 is 1.92 bits per heavy atom. The van der Waals surface area contributed by atoms with Crippen molar-refractivity contribution in [3.8, 4) is 0 Å². The Morgan fingerprint density at radius 3 is 2.17 bits per heavy atom. The SMILES string of the molecule is CCc1cc(C(C)(C)C)oc1C. The summed E-state index contributed by atoms with van der Waals surface area (Å²) in [5.74, 6) is 2.17. The molecule has 0 atom stereocenters. The van der Waals surface area contributed by atoms with Crippen LogP contribution in [0.2, 0.25) is 0 Å². The quantitative estimate of drug-likeness (QED) is 0.622. The van der Waals surface area contributed by atoms with Gasteiger partial charge in [-0.3, -0.25) is 0 Å². The second kappa shape index (κ2) is 2.96. The molecule has 0 N–H and O–H groups in total. The molecular weight excluding hydrogens is 148 g/mol. The standard InChI is InChI=1S/C11H18O/c1-6-9-7-10(11(3,4)5)12-8(9)2/h7H,6H2,1-5H3. The predicted molar refractivity (Wildman–Crippen MR) is 51.5 cm³/mol.